The van der Waals surface area contributed by atoms with Gasteiger partial charge in [0.15, 0.2) is 0 Å². The molecule has 0 fully saturated rings. The van der Waals surface area contributed by atoms with Crippen LogP contribution in [0.25, 0.3) is 0 Å². The van der Waals surface area contributed by atoms with Gasteiger partial charge in [-0.2, -0.15) is 0 Å². The van der Waals surface area contributed by atoms with Crippen molar-refractivity contribution >= 4 is 21.7 Å². The maximum absolute atomic E-state index is 14.7. The molecule has 0 aliphatic carbocycles. The van der Waals surface area contributed by atoms with Crippen LogP contribution in [0.2, 0.25) is 0 Å². The Hall–Kier alpha value is -2.41. The number of sulfonamides is 1. The fraction of sp³-hybridized carbons (Fsp3) is 0.316. The van der Waals surface area contributed by atoms with Crippen LogP contribution >= 0.6 is 0 Å². The third-order valence-electron chi connectivity index (χ3n) is 4.36. The van der Waals surface area contributed by atoms with Gasteiger partial charge in [0.2, 0.25) is 0 Å². The highest BCUT2D eigenvalue weighted by Gasteiger charge is 2.37. The van der Waals surface area contributed by atoms with Crippen molar-refractivity contribution in [3.63, 3.8) is 0 Å². The standard InChI is InChI=1S/C19H20FNO4S/c1-4-25-19(22)14-6-7-17(16(20)11-14)21-13(3)10-15-9-12(2)5-8-18(15)26(21,23)24/h5-9,11,13H,4,10H2,1-3H3. The Morgan fingerprint density at radius 2 is 2.00 bits per heavy atom. The van der Waals surface area contributed by atoms with E-state index in [0.29, 0.717) is 6.42 Å². The highest BCUT2D eigenvalue weighted by atomic mass is 32.2. The molecule has 0 saturated carbocycles. The van der Waals surface area contributed by atoms with Crippen molar-refractivity contribution in [3.8, 4) is 0 Å². The first-order valence-corrected chi connectivity index (χ1v) is 9.80. The van der Waals surface area contributed by atoms with Gasteiger partial charge in [0, 0.05) is 6.04 Å². The van der Waals surface area contributed by atoms with Gasteiger partial charge in [0.1, 0.15) is 5.82 Å². The van der Waals surface area contributed by atoms with Crippen LogP contribution in [0.4, 0.5) is 10.1 Å². The summed E-state index contributed by atoms with van der Waals surface area (Å²) in [6, 6.07) is 8.39. The Balaban J connectivity index is 2.06. The first kappa shape index (κ1) is 18.4. The van der Waals surface area contributed by atoms with Crippen LogP contribution in [-0.2, 0) is 21.2 Å². The second-order valence-electron chi connectivity index (χ2n) is 6.35. The molecule has 1 atom stereocenters. The fourth-order valence-electron chi connectivity index (χ4n) is 3.26. The molecule has 2 aromatic carbocycles. The van der Waals surface area contributed by atoms with Crippen molar-refractivity contribution in [2.24, 2.45) is 0 Å². The van der Waals surface area contributed by atoms with Crippen LogP contribution in [0.5, 0.6) is 0 Å². The first-order chi connectivity index (χ1) is 12.3. The summed E-state index contributed by atoms with van der Waals surface area (Å²) in [6.45, 7) is 5.47. The van der Waals surface area contributed by atoms with E-state index >= 15 is 0 Å². The van der Waals surface area contributed by atoms with Crippen LogP contribution < -0.4 is 4.31 Å². The van der Waals surface area contributed by atoms with Gasteiger partial charge in [-0.25, -0.2) is 17.6 Å². The average molecular weight is 377 g/mol. The van der Waals surface area contributed by atoms with Gasteiger partial charge in [0.05, 0.1) is 22.8 Å². The second-order valence-corrected chi connectivity index (χ2v) is 8.14. The molecule has 2 aromatic rings. The van der Waals surface area contributed by atoms with Crippen molar-refractivity contribution in [2.75, 3.05) is 10.9 Å². The summed E-state index contributed by atoms with van der Waals surface area (Å²) in [7, 11) is -3.89. The highest BCUT2D eigenvalue weighted by Crippen LogP contribution is 2.36. The Morgan fingerprint density at radius 3 is 2.65 bits per heavy atom. The van der Waals surface area contributed by atoms with Gasteiger partial charge in [-0.15, -0.1) is 0 Å². The number of esters is 1. The van der Waals surface area contributed by atoms with Gasteiger partial charge in [-0.05, 0) is 57.0 Å². The number of carbonyl (C=O) groups excluding carboxylic acids is 1. The summed E-state index contributed by atoms with van der Waals surface area (Å²) in [5, 5.41) is 0. The van der Waals surface area contributed by atoms with Crippen molar-refractivity contribution in [1.29, 1.82) is 0 Å². The van der Waals surface area contributed by atoms with E-state index in [1.165, 1.54) is 12.1 Å². The van der Waals surface area contributed by atoms with Crippen LogP contribution in [0.15, 0.2) is 41.3 Å². The van der Waals surface area contributed by atoms with Crippen molar-refractivity contribution < 1.29 is 22.3 Å². The summed E-state index contributed by atoms with van der Waals surface area (Å²) in [4.78, 5) is 11.9. The number of nitrogens with zero attached hydrogens (tertiary/aromatic N) is 1. The molecule has 1 heterocycles. The molecule has 138 valence electrons. The Labute approximate surface area is 152 Å². The number of halogens is 1. The minimum Gasteiger partial charge on any atom is -0.462 e. The third-order valence-corrected chi connectivity index (χ3v) is 6.39. The summed E-state index contributed by atoms with van der Waals surface area (Å²) in [6.07, 6.45) is 0.481. The lowest BCUT2D eigenvalue weighted by atomic mass is 10.0. The summed E-state index contributed by atoms with van der Waals surface area (Å²) in [5.41, 5.74) is 1.69. The van der Waals surface area contributed by atoms with E-state index in [9.17, 15) is 17.6 Å². The summed E-state index contributed by atoms with van der Waals surface area (Å²) in [5.74, 6) is -1.42. The molecule has 0 saturated heterocycles. The zero-order valence-corrected chi connectivity index (χ0v) is 15.6. The van der Waals surface area contributed by atoms with Gasteiger partial charge in [0.25, 0.3) is 10.0 Å². The Morgan fingerprint density at radius 1 is 1.27 bits per heavy atom. The summed E-state index contributed by atoms with van der Waals surface area (Å²) >= 11 is 0. The monoisotopic (exact) mass is 377 g/mol. The van der Waals surface area contributed by atoms with Crippen LogP contribution in [-0.4, -0.2) is 27.0 Å². The predicted octanol–water partition coefficient (Wildman–Crippen LogP) is 3.45. The molecule has 0 amide bonds. The van der Waals surface area contributed by atoms with Gasteiger partial charge in [-0.1, -0.05) is 17.7 Å². The van der Waals surface area contributed by atoms with E-state index in [1.807, 2.05) is 13.0 Å². The quantitative estimate of drug-likeness (QED) is 0.769. The molecule has 1 aliphatic rings. The Kier molecular flexibility index (Phi) is 4.75. The number of aryl methyl sites for hydroxylation is 1. The first-order valence-electron chi connectivity index (χ1n) is 8.36. The molecule has 1 aliphatic heterocycles. The molecule has 0 aromatic heterocycles. The zero-order chi connectivity index (χ0) is 19.1. The predicted molar refractivity (Wildman–Crippen MR) is 96.4 cm³/mol. The largest absolute Gasteiger partial charge is 0.462 e. The van der Waals surface area contributed by atoms with Crippen molar-refractivity contribution in [3.05, 3.63) is 58.9 Å². The molecule has 1 unspecified atom stereocenters. The number of benzene rings is 2. The molecular formula is C19H20FNO4S. The molecule has 3 rings (SSSR count). The lowest BCUT2D eigenvalue weighted by Gasteiger charge is -2.36. The maximum Gasteiger partial charge on any atom is 0.338 e. The van der Waals surface area contributed by atoms with E-state index in [0.717, 1.165) is 21.5 Å². The number of anilines is 1. The minimum atomic E-state index is -3.89. The molecule has 5 nitrogen and oxygen atoms in total. The number of rotatable bonds is 3. The molecule has 0 bridgehead atoms. The lowest BCUT2D eigenvalue weighted by molar-refractivity contribution is 0.0526. The molecule has 0 spiro atoms. The third kappa shape index (κ3) is 3.07. The molecule has 0 N–H and O–H groups in total. The van der Waals surface area contributed by atoms with Gasteiger partial charge < -0.3 is 4.74 Å². The van der Waals surface area contributed by atoms with Crippen LogP contribution in [0.3, 0.4) is 0 Å². The molecular weight excluding hydrogens is 357 g/mol. The summed E-state index contributed by atoms with van der Waals surface area (Å²) < 4.78 is 46.8. The topological polar surface area (TPSA) is 63.7 Å². The number of hydrogen-bond donors (Lipinski definition) is 0. The van der Waals surface area contributed by atoms with Gasteiger partial charge >= 0.3 is 5.97 Å². The lowest BCUT2D eigenvalue weighted by Crippen LogP contribution is -2.44. The van der Waals surface area contributed by atoms with Crippen LogP contribution in [0.1, 0.15) is 35.3 Å². The normalized spacial score (nSPS) is 18.3. The Bertz CT molecular complexity index is 971. The highest BCUT2D eigenvalue weighted by molar-refractivity contribution is 7.93. The van der Waals surface area contributed by atoms with E-state index in [4.69, 9.17) is 4.74 Å². The second kappa shape index (κ2) is 6.72. The molecule has 26 heavy (non-hydrogen) atoms. The van der Waals surface area contributed by atoms with Crippen molar-refractivity contribution in [2.45, 2.75) is 38.1 Å². The smallest absolute Gasteiger partial charge is 0.338 e. The minimum absolute atomic E-state index is 0.0474. The number of ether oxygens (including phenoxy) is 1. The molecule has 0 radical (unpaired) electrons. The number of fused-ring (bicyclic) bond motifs is 1. The van der Waals surface area contributed by atoms with E-state index in [1.54, 1.807) is 26.0 Å². The number of hydrogen-bond acceptors (Lipinski definition) is 4. The fourth-order valence-corrected chi connectivity index (χ4v) is 5.14. The molecule has 7 heteroatoms. The van der Waals surface area contributed by atoms with Gasteiger partial charge in [-0.3, -0.25) is 4.31 Å². The SMILES string of the molecule is CCOC(=O)c1ccc(N2C(C)Cc3cc(C)ccc3S2(=O)=O)c(F)c1. The van der Waals surface area contributed by atoms with Crippen LogP contribution in [0, 0.1) is 12.7 Å². The average Bonchev–Trinajstić information content (AvgIpc) is 2.55. The number of carbonyl (C=O) groups is 1. The van der Waals surface area contributed by atoms with E-state index in [2.05, 4.69) is 0 Å². The zero-order valence-electron chi connectivity index (χ0n) is 14.8. The maximum atomic E-state index is 14.7. The van der Waals surface area contributed by atoms with Crippen molar-refractivity contribution in [1.82, 2.24) is 0 Å². The van der Waals surface area contributed by atoms with E-state index < -0.39 is 27.9 Å². The van der Waals surface area contributed by atoms with E-state index in [-0.39, 0.29) is 22.8 Å².